The minimum absolute atomic E-state index is 0.0455. The maximum atomic E-state index is 14.7. The molecular weight excluding hydrogens is 1150 g/mol. The summed E-state index contributed by atoms with van der Waals surface area (Å²) in [6.07, 6.45) is 74.2. The molecule has 93 heavy (non-hydrogen) atoms. The lowest BCUT2D eigenvalue weighted by Gasteiger charge is -2.35. The topological polar surface area (TPSA) is 133 Å². The molecule has 0 fully saturated rings. The second-order valence-electron chi connectivity index (χ2n) is 27.6. The van der Waals surface area contributed by atoms with Crippen LogP contribution in [0.5, 0.6) is 0 Å². The Morgan fingerprint density at radius 3 is 0.774 bits per heavy atom. The van der Waals surface area contributed by atoms with E-state index in [1.165, 1.54) is 167 Å². The van der Waals surface area contributed by atoms with Gasteiger partial charge in [0.05, 0.1) is 0 Å². The molecule has 0 aliphatic rings. The Morgan fingerprint density at radius 2 is 0.505 bits per heavy atom. The van der Waals surface area contributed by atoms with Gasteiger partial charge in [-0.25, -0.2) is 0 Å². The Kier molecular flexibility index (Phi) is 69.9. The first kappa shape index (κ1) is 89.4. The summed E-state index contributed by atoms with van der Waals surface area (Å²) in [7, 11) is 0. The molecule has 0 bridgehead atoms. The van der Waals surface area contributed by atoms with Gasteiger partial charge in [-0.15, -0.1) is 0 Å². The van der Waals surface area contributed by atoms with Crippen molar-refractivity contribution in [3.63, 3.8) is 0 Å². The van der Waals surface area contributed by atoms with Crippen LogP contribution in [0.2, 0.25) is 0 Å². The van der Waals surface area contributed by atoms with Gasteiger partial charge >= 0.3 is 17.9 Å². The number of esters is 3. The van der Waals surface area contributed by atoms with Crippen molar-refractivity contribution in [1.82, 2.24) is 4.90 Å². The highest BCUT2D eigenvalue weighted by Gasteiger charge is 2.43. The van der Waals surface area contributed by atoms with E-state index in [1.807, 2.05) is 0 Å². The van der Waals surface area contributed by atoms with Crippen LogP contribution in [0.15, 0.2) is 36.5 Å². The normalized spacial score (nSPS) is 12.7. The smallest absolute Gasteiger partial charge is 0.306 e. The van der Waals surface area contributed by atoms with Crippen molar-refractivity contribution in [2.45, 2.75) is 451 Å². The molecule has 0 aliphatic carbocycles. The fraction of sp³-hybridized carbons (Fsp3) is 0.855. The van der Waals surface area contributed by atoms with Crippen LogP contribution in [-0.2, 0) is 43.0 Å². The van der Waals surface area contributed by atoms with E-state index in [4.69, 9.17) is 14.2 Å². The van der Waals surface area contributed by atoms with Crippen LogP contribution in [0, 0.1) is 0 Å². The summed E-state index contributed by atoms with van der Waals surface area (Å²) < 4.78 is 18.5. The number of aldehydes is 1. The zero-order valence-corrected chi connectivity index (χ0v) is 61.9. The van der Waals surface area contributed by atoms with E-state index in [1.54, 1.807) is 0 Å². The fourth-order valence-corrected chi connectivity index (χ4v) is 12.4. The first-order chi connectivity index (χ1) is 45.7. The largest absolute Gasteiger partial charge is 0.462 e. The highest BCUT2D eigenvalue weighted by atomic mass is 16.6. The predicted octanol–water partition coefficient (Wildman–Crippen LogP) is 25.2. The first-order valence-corrected chi connectivity index (χ1v) is 40.5. The van der Waals surface area contributed by atoms with Gasteiger partial charge in [0.25, 0.3) is 0 Å². The number of allylic oxidation sites excluding steroid dienone is 6. The molecule has 2 amide bonds. The third-order valence-corrected chi connectivity index (χ3v) is 18.6. The molecule has 0 unspecified atom stereocenters. The molecule has 0 aromatic carbocycles. The van der Waals surface area contributed by atoms with E-state index >= 15 is 0 Å². The quantitative estimate of drug-likeness (QED) is 0.0192. The van der Waals surface area contributed by atoms with Crippen molar-refractivity contribution in [3.05, 3.63) is 36.5 Å². The summed E-state index contributed by atoms with van der Waals surface area (Å²) in [6.45, 7) is 10.7. The van der Waals surface area contributed by atoms with Crippen LogP contribution in [0.3, 0.4) is 0 Å². The average molecular weight is 1310 g/mol. The molecule has 0 saturated heterocycles. The number of carbonyl (C=O) groups is 6. The summed E-state index contributed by atoms with van der Waals surface area (Å²) in [4.78, 5) is 86.2. The zero-order valence-electron chi connectivity index (χ0n) is 61.9. The van der Waals surface area contributed by atoms with E-state index in [0.717, 1.165) is 172 Å². The highest BCUT2D eigenvalue weighted by molar-refractivity contribution is 5.98. The van der Waals surface area contributed by atoms with E-state index in [-0.39, 0.29) is 32.1 Å². The van der Waals surface area contributed by atoms with E-state index in [9.17, 15) is 28.8 Å². The number of unbranched alkanes of at least 4 members (excludes halogenated alkanes) is 49. The highest BCUT2D eigenvalue weighted by Crippen LogP contribution is 2.24. The number of hydrogen-bond acceptors (Lipinski definition) is 9. The van der Waals surface area contributed by atoms with Crippen molar-refractivity contribution < 1.29 is 43.0 Å². The minimum Gasteiger partial charge on any atom is -0.462 e. The number of rotatable bonds is 73. The van der Waals surface area contributed by atoms with Crippen molar-refractivity contribution in [2.24, 2.45) is 0 Å². The number of hydrogen-bond donors (Lipinski definition) is 0. The Hall–Kier alpha value is -3.56. The van der Waals surface area contributed by atoms with Crippen LogP contribution in [-0.4, -0.2) is 65.8 Å². The molecular formula is C83H151NO9. The Bertz CT molecular complexity index is 1740. The summed E-state index contributed by atoms with van der Waals surface area (Å²) >= 11 is 0. The van der Waals surface area contributed by atoms with Crippen molar-refractivity contribution in [3.8, 4) is 0 Å². The van der Waals surface area contributed by atoms with Gasteiger partial charge in [-0.3, -0.25) is 28.9 Å². The number of carbonyl (C=O) groups excluding carboxylic acids is 6. The number of imide groups is 1. The van der Waals surface area contributed by atoms with Crippen LogP contribution < -0.4 is 0 Å². The van der Waals surface area contributed by atoms with Gasteiger partial charge in [-0.1, -0.05) is 328 Å². The SMILES string of the molecule is CCCCCCCC/C=C\CCCCCCCC(=O)OC[C@@H](OC(=O)CCCCCCC/C=C\CCCCCCCC)[C@@H](OC(=O)CCCCCCC/C=C\CCCCCCCC)[C@H](C=O)N(C(=O)CCCCCCCCCCC)C(=O)CCCCCCCCCCC. The Labute approximate surface area is 575 Å². The zero-order chi connectivity index (χ0) is 67.8. The lowest BCUT2D eigenvalue weighted by molar-refractivity contribution is -0.184. The Balaban J connectivity index is 6.55. The number of ether oxygens (including phenoxy) is 3. The molecule has 0 aromatic heterocycles. The maximum Gasteiger partial charge on any atom is 0.306 e. The van der Waals surface area contributed by atoms with Gasteiger partial charge in [0.1, 0.15) is 18.9 Å². The average Bonchev–Trinajstić information content (AvgIpc) is 0.976. The minimum atomic E-state index is -1.60. The molecule has 0 aliphatic heterocycles. The third-order valence-electron chi connectivity index (χ3n) is 18.6. The van der Waals surface area contributed by atoms with Gasteiger partial charge in [0, 0.05) is 32.1 Å². The van der Waals surface area contributed by atoms with E-state index in [2.05, 4.69) is 71.1 Å². The van der Waals surface area contributed by atoms with E-state index < -0.39 is 54.6 Å². The first-order valence-electron chi connectivity index (χ1n) is 40.5. The fourth-order valence-electron chi connectivity index (χ4n) is 12.4. The van der Waals surface area contributed by atoms with Crippen LogP contribution in [0.1, 0.15) is 433 Å². The summed E-state index contributed by atoms with van der Waals surface area (Å²) in [5, 5.41) is 0. The third kappa shape index (κ3) is 60.6. The van der Waals surface area contributed by atoms with Crippen molar-refractivity contribution in [2.75, 3.05) is 6.61 Å². The van der Waals surface area contributed by atoms with Crippen LogP contribution >= 0.6 is 0 Å². The monoisotopic (exact) mass is 1310 g/mol. The molecule has 0 aromatic rings. The molecule has 10 nitrogen and oxygen atoms in total. The molecule has 10 heteroatoms. The second kappa shape index (κ2) is 72.7. The summed E-state index contributed by atoms with van der Waals surface area (Å²) in [6, 6.07) is -1.60. The van der Waals surface area contributed by atoms with Gasteiger partial charge in [-0.05, 0) is 109 Å². The van der Waals surface area contributed by atoms with Gasteiger partial charge in [0.2, 0.25) is 11.8 Å². The summed E-state index contributed by atoms with van der Waals surface area (Å²) in [5.74, 6) is -2.67. The summed E-state index contributed by atoms with van der Waals surface area (Å²) in [5.41, 5.74) is 0. The maximum absolute atomic E-state index is 14.7. The molecule has 0 rings (SSSR count). The molecule has 0 saturated carbocycles. The standard InChI is InChI=1S/C83H151NO9/c1-6-11-16-21-26-31-34-37-40-43-46-51-56-61-66-71-80(88)91-75-77(92-81(89)72-67-62-57-52-47-44-41-38-35-32-27-22-17-12-7-2)83(93-82(90)73-68-63-58-53-48-45-42-39-36-33-28-23-18-13-8-3)76(74-85)84(78(86)69-64-59-54-49-29-24-19-14-9-4)79(87)70-65-60-55-50-30-25-20-15-10-5/h37-42,74,76-77,83H,6-36,43-73,75H2,1-5H3/b40-37-,41-38-,42-39-/t76-,77+,83-/m0/s1. The van der Waals surface area contributed by atoms with Crippen LogP contribution in [0.4, 0.5) is 0 Å². The van der Waals surface area contributed by atoms with Gasteiger partial charge < -0.3 is 19.0 Å². The van der Waals surface area contributed by atoms with Gasteiger partial charge in [0.15, 0.2) is 12.2 Å². The second-order valence-corrected chi connectivity index (χ2v) is 27.6. The molecule has 3 atom stereocenters. The van der Waals surface area contributed by atoms with E-state index in [0.29, 0.717) is 38.4 Å². The number of amides is 2. The van der Waals surface area contributed by atoms with Crippen molar-refractivity contribution in [1.29, 1.82) is 0 Å². The molecule has 542 valence electrons. The molecule has 0 spiro atoms. The lowest BCUT2D eigenvalue weighted by Crippen LogP contribution is -2.57. The lowest BCUT2D eigenvalue weighted by atomic mass is 10.0. The van der Waals surface area contributed by atoms with Gasteiger partial charge in [-0.2, -0.15) is 0 Å². The number of nitrogens with zero attached hydrogens (tertiary/aromatic N) is 1. The molecule has 0 heterocycles. The van der Waals surface area contributed by atoms with Crippen molar-refractivity contribution >= 4 is 36.0 Å². The molecule has 0 N–H and O–H groups in total. The van der Waals surface area contributed by atoms with Crippen LogP contribution in [0.25, 0.3) is 0 Å². The predicted molar refractivity (Wildman–Crippen MR) is 394 cm³/mol. The Morgan fingerprint density at radius 1 is 0.280 bits per heavy atom. The molecule has 0 radical (unpaired) electrons.